The van der Waals surface area contributed by atoms with E-state index in [2.05, 4.69) is 59.0 Å². The third-order valence-corrected chi connectivity index (χ3v) is 4.61. The van der Waals surface area contributed by atoms with Crippen molar-refractivity contribution in [2.75, 3.05) is 12.9 Å². The van der Waals surface area contributed by atoms with Gasteiger partial charge in [0.05, 0.1) is 11.9 Å². The summed E-state index contributed by atoms with van der Waals surface area (Å²) in [6.45, 7) is 0. The lowest BCUT2D eigenvalue weighted by Gasteiger charge is -2.15. The molecular formula is C20H22N2OS. The molecule has 0 aliphatic carbocycles. The van der Waals surface area contributed by atoms with Crippen molar-refractivity contribution in [3.8, 4) is 0 Å². The van der Waals surface area contributed by atoms with Gasteiger partial charge in [-0.3, -0.25) is 0 Å². The fourth-order valence-electron chi connectivity index (χ4n) is 2.91. The second kappa shape index (κ2) is 8.18. The van der Waals surface area contributed by atoms with Crippen molar-refractivity contribution in [1.29, 1.82) is 0 Å². The first kappa shape index (κ1) is 16.8. The second-order valence-corrected chi connectivity index (χ2v) is 6.18. The quantitative estimate of drug-likeness (QED) is 0.627. The molecule has 1 heterocycles. The summed E-state index contributed by atoms with van der Waals surface area (Å²) in [5, 5.41) is 0. The molecular weight excluding hydrogens is 316 g/mol. The van der Waals surface area contributed by atoms with Gasteiger partial charge in [0.1, 0.15) is 11.9 Å². The number of nitrogens with zero attached hydrogens (tertiary/aromatic N) is 1. The van der Waals surface area contributed by atoms with E-state index in [0.29, 0.717) is 0 Å². The van der Waals surface area contributed by atoms with Crippen LogP contribution in [0.4, 0.5) is 0 Å². The summed E-state index contributed by atoms with van der Waals surface area (Å²) >= 11 is 4.52. The fourth-order valence-corrected chi connectivity index (χ4v) is 3.21. The molecule has 0 aliphatic heterocycles. The molecule has 24 heavy (non-hydrogen) atoms. The Morgan fingerprint density at radius 2 is 1.71 bits per heavy atom. The summed E-state index contributed by atoms with van der Waals surface area (Å²) in [6, 6.07) is 20.6. The molecule has 1 N–H and O–H groups in total. The van der Waals surface area contributed by atoms with E-state index in [1.807, 2.05) is 30.5 Å². The summed E-state index contributed by atoms with van der Waals surface area (Å²) in [5.41, 5.74) is 3.38. The molecule has 3 aromatic rings. The van der Waals surface area contributed by atoms with Gasteiger partial charge < -0.3 is 9.72 Å². The number of H-pyrrole nitrogens is 1. The molecule has 0 amide bonds. The Bertz CT molecular complexity index is 743. The molecule has 2 atom stereocenters. The number of methoxy groups -OCH3 is 1. The number of ether oxygens (including phenoxy) is 1. The van der Waals surface area contributed by atoms with E-state index in [1.54, 1.807) is 7.11 Å². The van der Waals surface area contributed by atoms with E-state index >= 15 is 0 Å². The van der Waals surface area contributed by atoms with Crippen LogP contribution in [0, 0.1) is 0 Å². The minimum absolute atomic E-state index is 0.134. The maximum Gasteiger partial charge on any atom is 0.123 e. The highest BCUT2D eigenvalue weighted by Crippen LogP contribution is 2.26. The van der Waals surface area contributed by atoms with Crippen LogP contribution in [0.25, 0.3) is 0 Å². The normalized spacial score (nSPS) is 13.6. The summed E-state index contributed by atoms with van der Waals surface area (Å²) < 4.78 is 5.68. The highest BCUT2D eigenvalue weighted by atomic mass is 32.1. The number of thiol groups is 1. The van der Waals surface area contributed by atoms with Crippen molar-refractivity contribution in [2.45, 2.75) is 18.4 Å². The van der Waals surface area contributed by atoms with Crippen molar-refractivity contribution in [1.82, 2.24) is 9.97 Å². The first-order valence-electron chi connectivity index (χ1n) is 8.09. The van der Waals surface area contributed by atoms with Crippen LogP contribution in [0.2, 0.25) is 0 Å². The average Bonchev–Trinajstić information content (AvgIpc) is 3.12. The summed E-state index contributed by atoms with van der Waals surface area (Å²) in [7, 11) is 1.72. The van der Waals surface area contributed by atoms with Crippen LogP contribution >= 0.6 is 12.6 Å². The lowest BCUT2D eigenvalue weighted by atomic mass is 10.0. The van der Waals surface area contributed by atoms with Gasteiger partial charge in [0.2, 0.25) is 0 Å². The zero-order valence-electron chi connectivity index (χ0n) is 13.7. The second-order valence-electron chi connectivity index (χ2n) is 5.82. The molecule has 0 spiro atoms. The summed E-state index contributed by atoms with van der Waals surface area (Å²) in [4.78, 5) is 8.04. The number of hydrogen-bond acceptors (Lipinski definition) is 3. The monoisotopic (exact) mass is 338 g/mol. The van der Waals surface area contributed by atoms with Crippen molar-refractivity contribution >= 4 is 12.6 Å². The maximum atomic E-state index is 5.68. The highest BCUT2D eigenvalue weighted by molar-refractivity contribution is 7.80. The first-order chi connectivity index (χ1) is 11.8. The number of benzene rings is 2. The molecule has 0 radical (unpaired) electrons. The zero-order chi connectivity index (χ0) is 16.8. The Kier molecular flexibility index (Phi) is 5.72. The molecule has 2 aromatic carbocycles. The van der Waals surface area contributed by atoms with Crippen molar-refractivity contribution in [3.05, 3.63) is 89.5 Å². The van der Waals surface area contributed by atoms with E-state index in [-0.39, 0.29) is 12.0 Å². The Hall–Kier alpha value is -2.04. The molecule has 0 saturated carbocycles. The number of hydrogen-bond donors (Lipinski definition) is 2. The number of aromatic amines is 1. The van der Waals surface area contributed by atoms with Gasteiger partial charge in [-0.1, -0.05) is 60.7 Å². The Morgan fingerprint density at radius 3 is 2.33 bits per heavy atom. The molecule has 0 saturated heterocycles. The third kappa shape index (κ3) is 3.89. The number of imidazole rings is 1. The maximum absolute atomic E-state index is 5.68. The molecule has 0 aliphatic rings. The molecule has 4 heteroatoms. The average molecular weight is 338 g/mol. The standard InChI is InChI=1S/C20H22N2OS/c1-23-19(16-10-6-3-7-11-16)18-13-21-20(22-18)17(14-24)12-15-8-4-2-5-9-15/h2-11,13,17,19,24H,12,14H2,1H3,(H,21,22)/t17-,19-/m1/s1. The van der Waals surface area contributed by atoms with Gasteiger partial charge in [-0.2, -0.15) is 12.6 Å². The van der Waals surface area contributed by atoms with Crippen LogP contribution in [0.15, 0.2) is 66.9 Å². The number of rotatable bonds is 7. The highest BCUT2D eigenvalue weighted by Gasteiger charge is 2.19. The fraction of sp³-hybridized carbons (Fsp3) is 0.250. The van der Waals surface area contributed by atoms with Crippen LogP contribution in [-0.2, 0) is 11.2 Å². The zero-order valence-corrected chi connectivity index (χ0v) is 14.6. The van der Waals surface area contributed by atoms with Crippen molar-refractivity contribution < 1.29 is 4.74 Å². The summed E-state index contributed by atoms with van der Waals surface area (Å²) in [5.74, 6) is 1.95. The number of aromatic nitrogens is 2. The van der Waals surface area contributed by atoms with E-state index in [9.17, 15) is 0 Å². The van der Waals surface area contributed by atoms with Gasteiger partial charge in [0, 0.05) is 18.8 Å². The van der Waals surface area contributed by atoms with Crippen molar-refractivity contribution in [2.24, 2.45) is 0 Å². The van der Waals surface area contributed by atoms with Gasteiger partial charge in [-0.25, -0.2) is 4.98 Å². The van der Waals surface area contributed by atoms with Crippen LogP contribution in [0.5, 0.6) is 0 Å². The molecule has 1 aromatic heterocycles. The van der Waals surface area contributed by atoms with Gasteiger partial charge >= 0.3 is 0 Å². The predicted octanol–water partition coefficient (Wildman–Crippen LogP) is 4.40. The molecule has 0 fully saturated rings. The van der Waals surface area contributed by atoms with Crippen LogP contribution in [0.3, 0.4) is 0 Å². The largest absolute Gasteiger partial charge is 0.370 e. The van der Waals surface area contributed by atoms with E-state index < -0.39 is 0 Å². The van der Waals surface area contributed by atoms with E-state index in [0.717, 1.165) is 29.3 Å². The van der Waals surface area contributed by atoms with Crippen LogP contribution in [0.1, 0.15) is 34.7 Å². The smallest absolute Gasteiger partial charge is 0.123 e. The Labute approximate surface area is 148 Å². The molecule has 3 rings (SSSR count). The Balaban J connectivity index is 1.80. The minimum Gasteiger partial charge on any atom is -0.370 e. The Morgan fingerprint density at radius 1 is 1.04 bits per heavy atom. The molecule has 0 unspecified atom stereocenters. The minimum atomic E-state index is -0.134. The summed E-state index contributed by atoms with van der Waals surface area (Å²) in [6.07, 6.45) is 2.66. The topological polar surface area (TPSA) is 37.9 Å². The van der Waals surface area contributed by atoms with Gasteiger partial charge in [0.15, 0.2) is 0 Å². The molecule has 124 valence electrons. The number of nitrogens with one attached hydrogen (secondary N) is 1. The van der Waals surface area contributed by atoms with Gasteiger partial charge in [-0.15, -0.1) is 0 Å². The molecule has 0 bridgehead atoms. The van der Waals surface area contributed by atoms with Gasteiger partial charge in [-0.05, 0) is 17.5 Å². The van der Waals surface area contributed by atoms with Crippen molar-refractivity contribution in [3.63, 3.8) is 0 Å². The van der Waals surface area contributed by atoms with E-state index in [1.165, 1.54) is 5.56 Å². The van der Waals surface area contributed by atoms with Crippen LogP contribution < -0.4 is 0 Å². The SMILES string of the molecule is CO[C@H](c1ccccc1)c1cnc([C@@H](CS)Cc2ccccc2)[nH]1. The van der Waals surface area contributed by atoms with Crippen LogP contribution in [-0.4, -0.2) is 22.8 Å². The lowest BCUT2D eigenvalue weighted by Crippen LogP contribution is -2.08. The van der Waals surface area contributed by atoms with E-state index in [4.69, 9.17) is 4.74 Å². The first-order valence-corrected chi connectivity index (χ1v) is 8.72. The third-order valence-electron chi connectivity index (χ3n) is 4.17. The molecule has 3 nitrogen and oxygen atoms in total. The van der Waals surface area contributed by atoms with Gasteiger partial charge in [0.25, 0.3) is 0 Å². The lowest BCUT2D eigenvalue weighted by molar-refractivity contribution is 0.133. The predicted molar refractivity (Wildman–Crippen MR) is 101 cm³/mol.